The average molecular weight is 1100 g/mol. The van der Waals surface area contributed by atoms with Gasteiger partial charge < -0.3 is 29.0 Å². The number of sulfone groups is 1. The van der Waals surface area contributed by atoms with Crippen LogP contribution in [0.15, 0.2) is 148 Å². The second-order valence-corrected chi connectivity index (χ2v) is 21.7. The summed E-state index contributed by atoms with van der Waals surface area (Å²) in [4.78, 5) is 32.6. The number of amides is 1. The third-order valence-corrected chi connectivity index (χ3v) is 14.8. The molecule has 17 nitrogen and oxygen atoms in total. The molecule has 0 spiro atoms. The number of benzene rings is 5. The van der Waals surface area contributed by atoms with Gasteiger partial charge in [-0.1, -0.05) is 97.5 Å². The number of carbonyl (C=O) groups excluding carboxylic acids is 2. The van der Waals surface area contributed by atoms with Crippen LogP contribution < -0.4 is 24.3 Å². The van der Waals surface area contributed by atoms with Gasteiger partial charge in [-0.3, -0.25) is 9.69 Å². The zero-order valence-electron chi connectivity index (χ0n) is 42.6. The first kappa shape index (κ1) is 56.9. The fourth-order valence-corrected chi connectivity index (χ4v) is 10.9. The van der Waals surface area contributed by atoms with Crippen LogP contribution in [0, 0.1) is 0 Å². The maximum absolute atomic E-state index is 13.9. The molecule has 0 radical (unpaired) electrons. The molecule has 0 fully saturated rings. The second-order valence-electron chi connectivity index (χ2n) is 18.4. The molecule has 5 aromatic carbocycles. The lowest BCUT2D eigenvalue weighted by Gasteiger charge is -2.38. The summed E-state index contributed by atoms with van der Waals surface area (Å²) in [7, 11) is -0.912. The second kappa shape index (κ2) is 26.8. The first-order chi connectivity index (χ1) is 36.8. The molecule has 20 heteroatoms. The number of thiazole rings is 2. The summed E-state index contributed by atoms with van der Waals surface area (Å²) in [5.74, 6) is 2.04. The third kappa shape index (κ3) is 15.2. The molecule has 2 atom stereocenters. The molecule has 0 saturated heterocycles. The van der Waals surface area contributed by atoms with Gasteiger partial charge in [0.2, 0.25) is 9.84 Å². The number of hydrogen-bond acceptors (Lipinski definition) is 17. The summed E-state index contributed by atoms with van der Waals surface area (Å²) in [6.45, 7) is 7.34. The molecule has 2 aliphatic rings. The van der Waals surface area contributed by atoms with Gasteiger partial charge in [-0.15, -0.1) is 22.7 Å². The minimum absolute atomic E-state index is 0. The molecule has 8 aromatic rings. The van der Waals surface area contributed by atoms with E-state index in [4.69, 9.17) is 23.7 Å². The van der Waals surface area contributed by atoms with Gasteiger partial charge in [0, 0.05) is 23.8 Å². The Hall–Kier alpha value is -7.78. The van der Waals surface area contributed by atoms with Crippen molar-refractivity contribution in [2.45, 2.75) is 77.1 Å². The van der Waals surface area contributed by atoms with Gasteiger partial charge in [-0.25, -0.2) is 23.2 Å². The SMILES string of the molecule is C.COc1cc2c(cc1OCc1ccccc1)CCN(C(=O)OC(C)(C)C)C2CS(=O)(=O)c1nnnn1-c1ccccc1.COc1cc2c(cc1OCc1ccccc1)CCNC2/C=C/c1cscn1.O=Cc1cscn1. The molecule has 1 N–H and O–H groups in total. The highest BCUT2D eigenvalue weighted by Gasteiger charge is 2.39. The molecule has 1 amide bonds. The first-order valence-corrected chi connectivity index (χ1v) is 27.8. The molecule has 402 valence electrons. The van der Waals surface area contributed by atoms with E-state index in [-0.39, 0.29) is 25.2 Å². The Morgan fingerprint density at radius 3 is 1.84 bits per heavy atom. The highest BCUT2D eigenvalue weighted by atomic mass is 32.2. The van der Waals surface area contributed by atoms with Crippen molar-refractivity contribution in [3.63, 3.8) is 0 Å². The largest absolute Gasteiger partial charge is 0.493 e. The number of para-hydroxylation sites is 1. The number of nitrogens with zero attached hydrogens (tertiary/aromatic N) is 7. The van der Waals surface area contributed by atoms with Gasteiger partial charge in [-0.05, 0) is 120 Å². The van der Waals surface area contributed by atoms with Crippen molar-refractivity contribution in [1.82, 2.24) is 40.4 Å². The molecule has 77 heavy (non-hydrogen) atoms. The molecule has 2 unspecified atom stereocenters. The van der Waals surface area contributed by atoms with Crippen LogP contribution in [0.3, 0.4) is 0 Å². The predicted molar refractivity (Wildman–Crippen MR) is 298 cm³/mol. The zero-order valence-corrected chi connectivity index (χ0v) is 45.1. The van der Waals surface area contributed by atoms with Gasteiger partial charge in [0.15, 0.2) is 29.3 Å². The van der Waals surface area contributed by atoms with E-state index in [0.717, 1.165) is 53.1 Å². The molecule has 0 aliphatic carbocycles. The number of ether oxygens (including phenoxy) is 5. The number of carbonyl (C=O) groups is 2. The number of fused-ring (bicyclic) bond motifs is 2. The van der Waals surface area contributed by atoms with E-state index in [0.29, 0.717) is 48.1 Å². The predicted octanol–water partition coefficient (Wildman–Crippen LogP) is 10.8. The van der Waals surface area contributed by atoms with Crippen LogP contribution in [0.1, 0.15) is 89.8 Å². The number of rotatable bonds is 15. The zero-order chi connectivity index (χ0) is 53.5. The fourth-order valence-electron chi connectivity index (χ4n) is 8.38. The Bertz CT molecular complexity index is 3280. The average Bonchev–Trinajstić information content (AvgIpc) is 4.30. The summed E-state index contributed by atoms with van der Waals surface area (Å²) in [5, 5.41) is 18.4. The van der Waals surface area contributed by atoms with Crippen LogP contribution >= 0.6 is 22.7 Å². The van der Waals surface area contributed by atoms with Crippen LogP contribution in [0.25, 0.3) is 11.8 Å². The van der Waals surface area contributed by atoms with E-state index in [2.05, 4.69) is 67.2 Å². The van der Waals surface area contributed by atoms with E-state index in [1.54, 1.807) is 80.4 Å². The standard InChI is InChI=1S/C30H33N5O6S.C22H22N2O2S.C4H3NOS.CH4/c1-30(2,3)41-29(36)34-16-15-22-17-27(40-19-21-11-7-5-8-12-21)26(39-4)18-24(22)25(34)20-42(37,38)28-31-32-33-35(28)23-13-9-6-10-14-23;1-25-21-12-19-17(11-22(21)26-13-16-5-3-2-4-6-16)9-10-23-20(19)8-7-18-14-27-15-24-18;6-1-4-2-7-3-5-4;/h5-14,17-18,25H,15-16,19-20H2,1-4H3;2-8,11-12,14-15,20,23H,9-10,13H2,1H3;1-3H;1H4/b;8-7+;;. The van der Waals surface area contributed by atoms with Gasteiger partial charge in [0.25, 0.3) is 5.16 Å². The lowest BCUT2D eigenvalue weighted by molar-refractivity contribution is 0.0162. The van der Waals surface area contributed by atoms with Crippen molar-refractivity contribution in [3.05, 3.63) is 188 Å². The maximum Gasteiger partial charge on any atom is 0.410 e. The van der Waals surface area contributed by atoms with Crippen molar-refractivity contribution in [2.24, 2.45) is 0 Å². The van der Waals surface area contributed by atoms with E-state index in [9.17, 15) is 18.0 Å². The summed E-state index contributed by atoms with van der Waals surface area (Å²) < 4.78 is 58.1. The molecule has 2 aliphatic heterocycles. The van der Waals surface area contributed by atoms with E-state index in [1.807, 2.05) is 71.6 Å². The van der Waals surface area contributed by atoms with Gasteiger partial charge >= 0.3 is 6.09 Å². The van der Waals surface area contributed by atoms with E-state index >= 15 is 0 Å². The third-order valence-electron chi connectivity index (χ3n) is 12.0. The summed E-state index contributed by atoms with van der Waals surface area (Å²) in [5.41, 5.74) is 10.8. The van der Waals surface area contributed by atoms with Crippen LogP contribution in [0.4, 0.5) is 4.79 Å². The minimum atomic E-state index is -4.12. The lowest BCUT2D eigenvalue weighted by atomic mass is 9.93. The molecular formula is C57H62N8O9S3. The summed E-state index contributed by atoms with van der Waals surface area (Å²) >= 11 is 3.03. The number of methoxy groups -OCH3 is 2. The lowest BCUT2D eigenvalue weighted by Crippen LogP contribution is -2.45. The Labute approximate surface area is 457 Å². The Balaban J connectivity index is 0.000000209. The maximum atomic E-state index is 13.9. The van der Waals surface area contributed by atoms with Crippen molar-refractivity contribution < 1.29 is 41.7 Å². The van der Waals surface area contributed by atoms with Crippen molar-refractivity contribution in [3.8, 4) is 28.7 Å². The van der Waals surface area contributed by atoms with Gasteiger partial charge in [0.05, 0.1) is 54.5 Å². The highest BCUT2D eigenvalue weighted by Crippen LogP contribution is 2.41. The molecule has 5 heterocycles. The van der Waals surface area contributed by atoms with Crippen molar-refractivity contribution in [2.75, 3.05) is 33.1 Å². The Morgan fingerprint density at radius 1 is 0.753 bits per heavy atom. The van der Waals surface area contributed by atoms with E-state index < -0.39 is 33.3 Å². The number of aromatic nitrogens is 6. The number of nitrogens with one attached hydrogen (secondary N) is 1. The first-order valence-electron chi connectivity index (χ1n) is 24.3. The number of hydrogen-bond donors (Lipinski definition) is 1. The normalized spacial score (nSPS) is 14.7. The number of tetrazole rings is 1. The molecule has 0 saturated carbocycles. The van der Waals surface area contributed by atoms with Crippen molar-refractivity contribution in [1.29, 1.82) is 0 Å². The van der Waals surface area contributed by atoms with Crippen LogP contribution in [0.2, 0.25) is 0 Å². The van der Waals surface area contributed by atoms with Crippen molar-refractivity contribution >= 4 is 51.0 Å². The smallest absolute Gasteiger partial charge is 0.410 e. The molecule has 0 bridgehead atoms. The summed E-state index contributed by atoms with van der Waals surface area (Å²) in [6, 6.07) is 35.7. The highest BCUT2D eigenvalue weighted by molar-refractivity contribution is 7.91. The minimum Gasteiger partial charge on any atom is -0.493 e. The molecule has 10 rings (SSSR count). The summed E-state index contributed by atoms with van der Waals surface area (Å²) in [6.07, 6.45) is 5.79. The monoisotopic (exact) mass is 1100 g/mol. The van der Waals surface area contributed by atoms with Gasteiger partial charge in [0.1, 0.15) is 24.5 Å². The fraction of sp³-hybridized carbons (Fsp3) is 0.281. The Kier molecular flexibility index (Phi) is 19.8. The van der Waals surface area contributed by atoms with Crippen LogP contribution in [0.5, 0.6) is 23.0 Å². The van der Waals surface area contributed by atoms with Crippen LogP contribution in [-0.2, 0) is 40.6 Å². The molecule has 3 aromatic heterocycles. The van der Waals surface area contributed by atoms with E-state index in [1.165, 1.54) is 39.2 Å². The number of aldehydes is 1. The van der Waals surface area contributed by atoms with Crippen LogP contribution in [-0.4, -0.2) is 94.5 Å². The Morgan fingerprint density at radius 2 is 1.31 bits per heavy atom. The topological polar surface area (TPSA) is 199 Å². The quantitative estimate of drug-likeness (QED) is 0.0950. The molecular weight excluding hydrogens is 1040 g/mol. The van der Waals surface area contributed by atoms with Gasteiger partial charge in [-0.2, -0.15) is 4.68 Å².